The van der Waals surface area contributed by atoms with E-state index in [0.29, 0.717) is 6.54 Å². The quantitative estimate of drug-likeness (QED) is 0.803. The van der Waals surface area contributed by atoms with Crippen LogP contribution in [0.3, 0.4) is 0 Å². The van der Waals surface area contributed by atoms with Crippen LogP contribution in [-0.4, -0.2) is 16.1 Å². The molecule has 2 aromatic rings. The van der Waals surface area contributed by atoms with Crippen LogP contribution < -0.4 is 10.5 Å². The van der Waals surface area contributed by atoms with Crippen LogP contribution in [0.5, 0.6) is 5.75 Å². The lowest BCUT2D eigenvalue weighted by atomic mass is 10.2. The maximum absolute atomic E-state index is 5.71. The molecule has 2 heterocycles. The molecule has 0 bridgehead atoms. The summed E-state index contributed by atoms with van der Waals surface area (Å²) in [5.41, 5.74) is 7.52. The molecule has 0 fully saturated rings. The highest BCUT2D eigenvalue weighted by Crippen LogP contribution is 2.27. The minimum atomic E-state index is 0.149. The molecule has 0 radical (unpaired) electrons. The summed E-state index contributed by atoms with van der Waals surface area (Å²) in [4.78, 5) is 7.31. The van der Waals surface area contributed by atoms with Crippen LogP contribution in [0, 0.1) is 0 Å². The van der Waals surface area contributed by atoms with Gasteiger partial charge < -0.3 is 15.5 Å². The highest BCUT2D eigenvalue weighted by molar-refractivity contribution is 5.86. The number of nitrogens with two attached hydrogens (primary N) is 1. The highest BCUT2D eigenvalue weighted by Gasteiger charge is 2.10. The molecule has 80 valence electrons. The Kier molecular flexibility index (Phi) is 2.60. The number of hydrogen-bond donors (Lipinski definition) is 2. The smallest absolute Gasteiger partial charge is 0.141 e. The molecule has 2 aromatic heterocycles. The zero-order valence-corrected chi connectivity index (χ0v) is 8.95. The van der Waals surface area contributed by atoms with Crippen LogP contribution in [0.25, 0.3) is 11.0 Å². The number of ether oxygens (including phenoxy) is 1. The summed E-state index contributed by atoms with van der Waals surface area (Å²) < 4.78 is 5.71. The maximum atomic E-state index is 5.71. The van der Waals surface area contributed by atoms with Crippen LogP contribution in [0.15, 0.2) is 18.5 Å². The highest BCUT2D eigenvalue weighted by atomic mass is 16.5. The fraction of sp³-hybridized carbons (Fsp3) is 0.364. The molecular weight excluding hydrogens is 190 g/mol. The molecule has 0 aromatic carbocycles. The predicted octanol–water partition coefficient (Wildman–Crippen LogP) is 1.81. The third-order valence-corrected chi connectivity index (χ3v) is 2.20. The number of hydrogen-bond acceptors (Lipinski definition) is 3. The van der Waals surface area contributed by atoms with Crippen molar-refractivity contribution in [1.82, 2.24) is 9.97 Å². The number of nitrogens with one attached hydrogen (secondary N) is 1. The van der Waals surface area contributed by atoms with E-state index < -0.39 is 0 Å². The van der Waals surface area contributed by atoms with Crippen molar-refractivity contribution in [2.24, 2.45) is 5.73 Å². The van der Waals surface area contributed by atoms with E-state index in [9.17, 15) is 0 Å². The number of nitrogens with zero attached hydrogens (tertiary/aromatic N) is 1. The zero-order chi connectivity index (χ0) is 10.8. The average molecular weight is 205 g/mol. The van der Waals surface area contributed by atoms with E-state index in [-0.39, 0.29) is 6.10 Å². The van der Waals surface area contributed by atoms with Gasteiger partial charge in [0.2, 0.25) is 0 Å². The third kappa shape index (κ3) is 1.80. The van der Waals surface area contributed by atoms with E-state index in [1.807, 2.05) is 26.1 Å². The molecule has 0 atom stereocenters. The van der Waals surface area contributed by atoms with Crippen molar-refractivity contribution in [3.8, 4) is 5.75 Å². The van der Waals surface area contributed by atoms with Crippen LogP contribution in [0.2, 0.25) is 0 Å². The SMILES string of the molecule is CC(C)Oc1ccnc2[nH]cc(CN)c12. The second-order valence-electron chi connectivity index (χ2n) is 3.72. The normalized spacial score (nSPS) is 11.2. The van der Waals surface area contributed by atoms with Gasteiger partial charge in [0.25, 0.3) is 0 Å². The summed E-state index contributed by atoms with van der Waals surface area (Å²) in [7, 11) is 0. The second-order valence-corrected chi connectivity index (χ2v) is 3.72. The van der Waals surface area contributed by atoms with Gasteiger partial charge in [-0.1, -0.05) is 0 Å². The lowest BCUT2D eigenvalue weighted by molar-refractivity contribution is 0.245. The molecule has 0 saturated carbocycles. The van der Waals surface area contributed by atoms with Crippen LogP contribution in [0.1, 0.15) is 19.4 Å². The monoisotopic (exact) mass is 205 g/mol. The van der Waals surface area contributed by atoms with Gasteiger partial charge in [-0.2, -0.15) is 0 Å². The molecule has 0 saturated heterocycles. The minimum absolute atomic E-state index is 0.149. The first-order valence-corrected chi connectivity index (χ1v) is 5.04. The van der Waals surface area contributed by atoms with Gasteiger partial charge in [0, 0.05) is 18.9 Å². The molecule has 0 aliphatic carbocycles. The topological polar surface area (TPSA) is 63.9 Å². The van der Waals surface area contributed by atoms with Gasteiger partial charge in [0.05, 0.1) is 11.5 Å². The Morgan fingerprint density at radius 2 is 2.33 bits per heavy atom. The number of rotatable bonds is 3. The predicted molar refractivity (Wildman–Crippen MR) is 59.7 cm³/mol. The van der Waals surface area contributed by atoms with E-state index in [0.717, 1.165) is 22.3 Å². The third-order valence-electron chi connectivity index (χ3n) is 2.20. The summed E-state index contributed by atoms with van der Waals surface area (Å²) >= 11 is 0. The van der Waals surface area contributed by atoms with Crippen molar-refractivity contribution in [2.75, 3.05) is 0 Å². The standard InChI is InChI=1S/C11H15N3O/c1-7(2)15-9-3-4-13-11-10(9)8(5-12)6-14-11/h3-4,6-7H,5,12H2,1-2H3,(H,13,14). The van der Waals surface area contributed by atoms with E-state index in [4.69, 9.17) is 10.5 Å². The number of fused-ring (bicyclic) bond motifs is 1. The van der Waals surface area contributed by atoms with E-state index >= 15 is 0 Å². The Bertz CT molecular complexity index is 462. The number of H-pyrrole nitrogens is 1. The van der Waals surface area contributed by atoms with E-state index in [1.165, 1.54) is 0 Å². The number of aromatic amines is 1. The molecule has 3 N–H and O–H groups in total. The molecule has 4 nitrogen and oxygen atoms in total. The molecule has 0 amide bonds. The second kappa shape index (κ2) is 3.90. The summed E-state index contributed by atoms with van der Waals surface area (Å²) in [6.07, 6.45) is 3.76. The first kappa shape index (κ1) is 9.98. The zero-order valence-electron chi connectivity index (χ0n) is 8.95. The maximum Gasteiger partial charge on any atom is 0.141 e. The molecule has 0 unspecified atom stereocenters. The van der Waals surface area contributed by atoms with Crippen LogP contribution in [0.4, 0.5) is 0 Å². The first-order chi connectivity index (χ1) is 7.22. The Hall–Kier alpha value is -1.55. The molecule has 0 aliphatic heterocycles. The molecule has 0 spiro atoms. The Balaban J connectivity index is 2.56. The van der Waals surface area contributed by atoms with Crippen molar-refractivity contribution < 1.29 is 4.74 Å². The van der Waals surface area contributed by atoms with Gasteiger partial charge in [-0.3, -0.25) is 0 Å². The summed E-state index contributed by atoms with van der Waals surface area (Å²) in [5.74, 6) is 0.844. The molecular formula is C11H15N3O. The van der Waals surface area contributed by atoms with Crippen molar-refractivity contribution in [1.29, 1.82) is 0 Å². The summed E-state index contributed by atoms with van der Waals surface area (Å²) in [5, 5.41) is 0.994. The fourth-order valence-electron chi connectivity index (χ4n) is 1.60. The lowest BCUT2D eigenvalue weighted by Crippen LogP contribution is -2.06. The number of aromatic nitrogens is 2. The van der Waals surface area contributed by atoms with Crippen molar-refractivity contribution in [3.05, 3.63) is 24.0 Å². The lowest BCUT2D eigenvalue weighted by Gasteiger charge is -2.11. The summed E-state index contributed by atoms with van der Waals surface area (Å²) in [6, 6.07) is 1.87. The Labute approximate surface area is 88.5 Å². The van der Waals surface area contributed by atoms with Crippen molar-refractivity contribution in [2.45, 2.75) is 26.5 Å². The Morgan fingerprint density at radius 1 is 1.53 bits per heavy atom. The molecule has 0 aliphatic rings. The Morgan fingerprint density at radius 3 is 3.00 bits per heavy atom. The van der Waals surface area contributed by atoms with Crippen molar-refractivity contribution in [3.63, 3.8) is 0 Å². The first-order valence-electron chi connectivity index (χ1n) is 5.04. The summed E-state index contributed by atoms with van der Waals surface area (Å²) in [6.45, 7) is 4.49. The van der Waals surface area contributed by atoms with E-state index in [2.05, 4.69) is 9.97 Å². The van der Waals surface area contributed by atoms with E-state index in [1.54, 1.807) is 6.20 Å². The fourth-order valence-corrected chi connectivity index (χ4v) is 1.60. The minimum Gasteiger partial charge on any atom is -0.490 e. The van der Waals surface area contributed by atoms with Crippen LogP contribution in [-0.2, 0) is 6.54 Å². The largest absolute Gasteiger partial charge is 0.490 e. The number of pyridine rings is 1. The van der Waals surface area contributed by atoms with Gasteiger partial charge in [-0.15, -0.1) is 0 Å². The molecule has 15 heavy (non-hydrogen) atoms. The van der Waals surface area contributed by atoms with Gasteiger partial charge in [0.1, 0.15) is 11.4 Å². The molecule has 2 rings (SSSR count). The van der Waals surface area contributed by atoms with Crippen molar-refractivity contribution >= 4 is 11.0 Å². The molecule has 4 heteroatoms. The van der Waals surface area contributed by atoms with Gasteiger partial charge in [0.15, 0.2) is 0 Å². The van der Waals surface area contributed by atoms with Gasteiger partial charge in [-0.25, -0.2) is 4.98 Å². The van der Waals surface area contributed by atoms with Gasteiger partial charge >= 0.3 is 0 Å². The van der Waals surface area contributed by atoms with Crippen LogP contribution >= 0.6 is 0 Å². The van der Waals surface area contributed by atoms with Gasteiger partial charge in [-0.05, 0) is 25.5 Å². The average Bonchev–Trinajstić information content (AvgIpc) is 2.61.